The van der Waals surface area contributed by atoms with Gasteiger partial charge in [-0.1, -0.05) is 6.42 Å². The minimum atomic E-state index is -4.55. The van der Waals surface area contributed by atoms with Gasteiger partial charge in [0.1, 0.15) is 17.6 Å². The van der Waals surface area contributed by atoms with Crippen LogP contribution in [0, 0.1) is 17.2 Å². The number of alkyl halides is 3. The second kappa shape index (κ2) is 5.67. The van der Waals surface area contributed by atoms with Crippen molar-refractivity contribution in [3.05, 3.63) is 23.4 Å². The maximum atomic E-state index is 12.6. The summed E-state index contributed by atoms with van der Waals surface area (Å²) in [6.45, 7) is -0.0293. The van der Waals surface area contributed by atoms with Gasteiger partial charge in [-0.3, -0.25) is 0 Å². The van der Waals surface area contributed by atoms with Crippen LogP contribution in [0.25, 0.3) is 0 Å². The largest absolute Gasteiger partial charge is 0.433 e. The number of nitrogens with zero attached hydrogens (tertiary/aromatic N) is 2. The Morgan fingerprint density at radius 3 is 2.75 bits per heavy atom. The average Bonchev–Trinajstić information content (AvgIpc) is 2.85. The summed E-state index contributed by atoms with van der Waals surface area (Å²) in [5.41, 5.74) is -0.959. The molecular formula is C13H14F3N3O. The highest BCUT2D eigenvalue weighted by atomic mass is 19.4. The zero-order valence-corrected chi connectivity index (χ0v) is 10.6. The normalized spacial score (nSPS) is 22.6. The Hall–Kier alpha value is -1.81. The molecule has 2 rings (SSSR count). The van der Waals surface area contributed by atoms with Crippen LogP contribution in [0.1, 0.15) is 30.5 Å². The third kappa shape index (κ3) is 3.02. The van der Waals surface area contributed by atoms with Crippen molar-refractivity contribution < 1.29 is 18.3 Å². The zero-order chi connectivity index (χ0) is 14.8. The number of pyridine rings is 1. The lowest BCUT2D eigenvalue weighted by Crippen LogP contribution is -2.27. The first-order valence-electron chi connectivity index (χ1n) is 6.31. The van der Waals surface area contributed by atoms with Gasteiger partial charge in [-0.15, -0.1) is 0 Å². The lowest BCUT2D eigenvalue weighted by Gasteiger charge is -2.20. The number of nitriles is 1. The summed E-state index contributed by atoms with van der Waals surface area (Å²) >= 11 is 0. The molecule has 0 aromatic carbocycles. The minimum Gasteiger partial charge on any atom is -0.396 e. The predicted octanol–water partition coefficient (Wildman–Crippen LogP) is 2.54. The van der Waals surface area contributed by atoms with E-state index in [1.54, 1.807) is 0 Å². The molecule has 1 fully saturated rings. The number of aliphatic hydroxyl groups excluding tert-OH is 1. The molecule has 0 aliphatic heterocycles. The summed E-state index contributed by atoms with van der Waals surface area (Å²) in [4.78, 5) is 3.51. The van der Waals surface area contributed by atoms with Crippen molar-refractivity contribution in [2.24, 2.45) is 5.92 Å². The van der Waals surface area contributed by atoms with Gasteiger partial charge in [0.05, 0.1) is 5.56 Å². The lowest BCUT2D eigenvalue weighted by molar-refractivity contribution is -0.141. The summed E-state index contributed by atoms with van der Waals surface area (Å²) in [7, 11) is 0. The molecule has 1 aromatic rings. The highest BCUT2D eigenvalue weighted by molar-refractivity contribution is 5.53. The Kier molecular flexibility index (Phi) is 4.14. The van der Waals surface area contributed by atoms with Crippen LogP contribution in [0.4, 0.5) is 19.0 Å². The first kappa shape index (κ1) is 14.6. The Bertz CT molecular complexity index is 525. The molecule has 1 aromatic heterocycles. The van der Waals surface area contributed by atoms with Crippen molar-refractivity contribution in [2.75, 3.05) is 11.9 Å². The van der Waals surface area contributed by atoms with Crippen molar-refractivity contribution in [1.82, 2.24) is 4.98 Å². The Labute approximate surface area is 114 Å². The number of halogens is 3. The van der Waals surface area contributed by atoms with Gasteiger partial charge in [0, 0.05) is 18.6 Å². The molecule has 1 saturated carbocycles. The smallest absolute Gasteiger partial charge is 0.396 e. The van der Waals surface area contributed by atoms with Crippen LogP contribution >= 0.6 is 0 Å². The Morgan fingerprint density at radius 2 is 2.15 bits per heavy atom. The van der Waals surface area contributed by atoms with Crippen molar-refractivity contribution >= 4 is 5.82 Å². The van der Waals surface area contributed by atoms with Gasteiger partial charge in [0.25, 0.3) is 0 Å². The van der Waals surface area contributed by atoms with Crippen LogP contribution in [-0.4, -0.2) is 22.7 Å². The van der Waals surface area contributed by atoms with Crippen molar-refractivity contribution in [3.63, 3.8) is 0 Å². The summed E-state index contributed by atoms with van der Waals surface area (Å²) in [5.74, 6) is -0.0782. The third-order valence-electron chi connectivity index (χ3n) is 3.52. The molecule has 2 unspecified atom stereocenters. The van der Waals surface area contributed by atoms with Gasteiger partial charge in [-0.05, 0) is 25.0 Å². The van der Waals surface area contributed by atoms with Crippen molar-refractivity contribution in [1.29, 1.82) is 5.26 Å². The number of nitrogens with one attached hydrogen (secondary N) is 1. The van der Waals surface area contributed by atoms with E-state index >= 15 is 0 Å². The quantitative estimate of drug-likeness (QED) is 0.895. The van der Waals surface area contributed by atoms with E-state index in [-0.39, 0.29) is 29.9 Å². The number of aromatic nitrogens is 1. The first-order chi connectivity index (χ1) is 9.45. The van der Waals surface area contributed by atoms with Gasteiger partial charge < -0.3 is 10.4 Å². The van der Waals surface area contributed by atoms with E-state index in [1.165, 1.54) is 0 Å². The molecule has 20 heavy (non-hydrogen) atoms. The molecule has 0 saturated heterocycles. The van der Waals surface area contributed by atoms with Crippen LogP contribution in [0.15, 0.2) is 12.1 Å². The molecule has 0 amide bonds. The molecule has 2 atom stereocenters. The fourth-order valence-electron chi connectivity index (χ4n) is 2.44. The van der Waals surface area contributed by atoms with Gasteiger partial charge in [0.2, 0.25) is 0 Å². The van der Waals surface area contributed by atoms with Crippen LogP contribution in [-0.2, 0) is 6.18 Å². The van der Waals surface area contributed by atoms with Crippen LogP contribution in [0.3, 0.4) is 0 Å². The average molecular weight is 285 g/mol. The summed E-state index contributed by atoms with van der Waals surface area (Å²) in [6.07, 6.45) is -2.09. The Morgan fingerprint density at radius 1 is 1.40 bits per heavy atom. The number of anilines is 1. The highest BCUT2D eigenvalue weighted by Crippen LogP contribution is 2.32. The van der Waals surface area contributed by atoms with E-state index < -0.39 is 11.9 Å². The van der Waals surface area contributed by atoms with Gasteiger partial charge in [-0.2, -0.15) is 18.4 Å². The molecule has 108 valence electrons. The minimum absolute atomic E-state index is 0.0158. The molecule has 2 N–H and O–H groups in total. The monoisotopic (exact) mass is 285 g/mol. The van der Waals surface area contributed by atoms with E-state index in [2.05, 4.69) is 10.3 Å². The molecule has 0 spiro atoms. The lowest BCUT2D eigenvalue weighted by atomic mass is 10.0. The van der Waals surface area contributed by atoms with Crippen molar-refractivity contribution in [3.8, 4) is 6.07 Å². The summed E-state index contributed by atoms with van der Waals surface area (Å²) in [6, 6.07) is 3.58. The van der Waals surface area contributed by atoms with E-state index in [0.717, 1.165) is 31.4 Å². The molecule has 0 bridgehead atoms. The fraction of sp³-hybridized carbons (Fsp3) is 0.538. The molecule has 7 heteroatoms. The molecular weight excluding hydrogens is 271 g/mol. The highest BCUT2D eigenvalue weighted by Gasteiger charge is 2.34. The van der Waals surface area contributed by atoms with Crippen LogP contribution in [0.5, 0.6) is 0 Å². The topological polar surface area (TPSA) is 68.9 Å². The SMILES string of the molecule is N#Cc1ccc(C(F)(F)F)nc1NC1CCCC1CO. The van der Waals surface area contributed by atoms with Gasteiger partial charge in [-0.25, -0.2) is 4.98 Å². The Balaban J connectivity index is 2.27. The second-order valence-electron chi connectivity index (χ2n) is 4.83. The van der Waals surface area contributed by atoms with E-state index in [4.69, 9.17) is 5.26 Å². The van der Waals surface area contributed by atoms with Crippen molar-refractivity contribution in [2.45, 2.75) is 31.5 Å². The molecule has 0 radical (unpaired) electrons. The number of aliphatic hydroxyl groups is 1. The van der Waals surface area contributed by atoms with E-state index in [9.17, 15) is 18.3 Å². The van der Waals surface area contributed by atoms with Crippen LogP contribution < -0.4 is 5.32 Å². The number of hydrogen-bond donors (Lipinski definition) is 2. The maximum Gasteiger partial charge on any atom is 0.433 e. The first-order valence-corrected chi connectivity index (χ1v) is 6.31. The number of hydrogen-bond acceptors (Lipinski definition) is 4. The molecule has 1 heterocycles. The standard InChI is InChI=1S/C13H14F3N3O/c14-13(15,16)11-5-4-8(6-17)12(19-11)18-10-3-1-2-9(10)7-20/h4-5,9-10,20H,1-3,7H2,(H,18,19). The summed E-state index contributed by atoms with van der Waals surface area (Å²) in [5, 5.41) is 21.0. The molecule has 4 nitrogen and oxygen atoms in total. The number of rotatable bonds is 3. The third-order valence-corrected chi connectivity index (χ3v) is 3.52. The van der Waals surface area contributed by atoms with Gasteiger partial charge in [0.15, 0.2) is 0 Å². The van der Waals surface area contributed by atoms with E-state index in [0.29, 0.717) is 0 Å². The molecule has 1 aliphatic carbocycles. The van der Waals surface area contributed by atoms with Crippen LogP contribution in [0.2, 0.25) is 0 Å². The predicted molar refractivity (Wildman–Crippen MR) is 65.8 cm³/mol. The summed E-state index contributed by atoms with van der Waals surface area (Å²) < 4.78 is 37.9. The second-order valence-corrected chi connectivity index (χ2v) is 4.83. The molecule has 1 aliphatic rings. The maximum absolute atomic E-state index is 12.6. The van der Waals surface area contributed by atoms with Gasteiger partial charge >= 0.3 is 6.18 Å². The fourth-order valence-corrected chi connectivity index (χ4v) is 2.44. The van der Waals surface area contributed by atoms with E-state index in [1.807, 2.05) is 6.07 Å². The zero-order valence-electron chi connectivity index (χ0n) is 10.6.